The Labute approximate surface area is 114 Å². The average Bonchev–Trinajstić information content (AvgIpc) is 2.43. The highest BCUT2D eigenvalue weighted by Gasteiger charge is 2.29. The normalized spacial score (nSPS) is 22.7. The molecule has 0 aromatic heterocycles. The van der Waals surface area contributed by atoms with Crippen molar-refractivity contribution in [3.05, 3.63) is 59.7 Å². The summed E-state index contributed by atoms with van der Waals surface area (Å²) in [5.74, 6) is 0.982. The first-order valence-corrected chi connectivity index (χ1v) is 6.29. The van der Waals surface area contributed by atoms with Gasteiger partial charge in [-0.2, -0.15) is 0 Å². The third-order valence-corrected chi connectivity index (χ3v) is 3.37. The summed E-state index contributed by atoms with van der Waals surface area (Å²) in [6.07, 6.45) is 9.65. The van der Waals surface area contributed by atoms with E-state index in [-0.39, 0.29) is 5.78 Å². The Kier molecular flexibility index (Phi) is 3.70. The lowest BCUT2D eigenvalue weighted by Crippen LogP contribution is -2.25. The Balaban J connectivity index is 2.20. The van der Waals surface area contributed by atoms with Crippen molar-refractivity contribution >= 4 is 11.9 Å². The molecule has 2 nitrogen and oxygen atoms in total. The van der Waals surface area contributed by atoms with Gasteiger partial charge in [0, 0.05) is 0 Å². The molecule has 1 unspecified atom stereocenters. The number of carbonyl (C=O) groups excluding carboxylic acids is 1. The zero-order valence-corrected chi connectivity index (χ0v) is 11.5. The van der Waals surface area contributed by atoms with Crippen molar-refractivity contribution in [1.82, 2.24) is 0 Å². The van der Waals surface area contributed by atoms with Crippen LogP contribution in [0.5, 0.6) is 5.75 Å². The summed E-state index contributed by atoms with van der Waals surface area (Å²) in [7, 11) is 1.65. The molecule has 1 atom stereocenters. The topological polar surface area (TPSA) is 26.3 Å². The molecule has 0 saturated heterocycles. The molecular formula is C17H18O2. The fourth-order valence-electron chi connectivity index (χ4n) is 2.08. The highest BCUT2D eigenvalue weighted by Crippen LogP contribution is 2.30. The van der Waals surface area contributed by atoms with Crippen LogP contribution in [0.25, 0.3) is 6.08 Å². The van der Waals surface area contributed by atoms with E-state index in [4.69, 9.17) is 4.74 Å². The minimum absolute atomic E-state index is 0.153. The first kappa shape index (κ1) is 13.3. The monoisotopic (exact) mass is 254 g/mol. The molecule has 0 saturated carbocycles. The van der Waals surface area contributed by atoms with Crippen LogP contribution in [0.4, 0.5) is 0 Å². The van der Waals surface area contributed by atoms with E-state index in [0.717, 1.165) is 16.9 Å². The molecule has 0 amide bonds. The number of hydrogen-bond acceptors (Lipinski definition) is 2. The van der Waals surface area contributed by atoms with Crippen molar-refractivity contribution in [2.45, 2.75) is 13.8 Å². The van der Waals surface area contributed by atoms with Gasteiger partial charge in [0.15, 0.2) is 5.78 Å². The second-order valence-corrected chi connectivity index (χ2v) is 4.93. The van der Waals surface area contributed by atoms with E-state index in [0.29, 0.717) is 0 Å². The van der Waals surface area contributed by atoms with Crippen LogP contribution in [0.3, 0.4) is 0 Å². The number of rotatable bonds is 3. The number of Topliss-reactive ketones (excluding diaryl/α,β-unsaturated/α-hetero) is 1. The molecule has 19 heavy (non-hydrogen) atoms. The molecule has 0 N–H and O–H groups in total. The fraction of sp³-hybridized carbons (Fsp3) is 0.235. The SMILES string of the molecule is COc1ccc(/C=C/C2(C)C=CC=C(C)C2=O)cc1. The van der Waals surface area contributed by atoms with Gasteiger partial charge in [-0.25, -0.2) is 0 Å². The van der Waals surface area contributed by atoms with Crippen LogP contribution in [0, 0.1) is 5.41 Å². The lowest BCUT2D eigenvalue weighted by molar-refractivity contribution is -0.120. The number of hydrogen-bond donors (Lipinski definition) is 0. The number of benzene rings is 1. The number of allylic oxidation sites excluding steroid dienone is 5. The van der Waals surface area contributed by atoms with Crippen LogP contribution in [-0.2, 0) is 4.79 Å². The number of carbonyl (C=O) groups is 1. The predicted octanol–water partition coefficient (Wildman–Crippen LogP) is 3.80. The van der Waals surface area contributed by atoms with Crippen molar-refractivity contribution in [3.8, 4) is 5.75 Å². The van der Waals surface area contributed by atoms with Gasteiger partial charge in [0.2, 0.25) is 0 Å². The molecular weight excluding hydrogens is 236 g/mol. The van der Waals surface area contributed by atoms with Crippen molar-refractivity contribution in [2.75, 3.05) is 7.11 Å². The second-order valence-electron chi connectivity index (χ2n) is 4.93. The van der Waals surface area contributed by atoms with Crippen LogP contribution >= 0.6 is 0 Å². The summed E-state index contributed by atoms with van der Waals surface area (Å²) in [5.41, 5.74) is 1.30. The highest BCUT2D eigenvalue weighted by atomic mass is 16.5. The number of ketones is 1. The fourth-order valence-corrected chi connectivity index (χ4v) is 2.08. The minimum Gasteiger partial charge on any atom is -0.497 e. The van der Waals surface area contributed by atoms with E-state index in [2.05, 4.69) is 0 Å². The maximum absolute atomic E-state index is 12.2. The summed E-state index contributed by atoms with van der Waals surface area (Å²) in [5, 5.41) is 0. The largest absolute Gasteiger partial charge is 0.497 e. The molecule has 0 heterocycles. The molecule has 2 rings (SSSR count). The van der Waals surface area contributed by atoms with E-state index in [1.807, 2.05) is 68.5 Å². The second kappa shape index (κ2) is 5.27. The predicted molar refractivity (Wildman–Crippen MR) is 78.0 cm³/mol. The Morgan fingerprint density at radius 2 is 1.89 bits per heavy atom. The van der Waals surface area contributed by atoms with Crippen molar-refractivity contribution in [1.29, 1.82) is 0 Å². The van der Waals surface area contributed by atoms with Gasteiger partial charge in [0.05, 0.1) is 12.5 Å². The van der Waals surface area contributed by atoms with E-state index in [9.17, 15) is 4.79 Å². The van der Waals surface area contributed by atoms with Gasteiger partial charge >= 0.3 is 0 Å². The zero-order chi connectivity index (χ0) is 13.9. The van der Waals surface area contributed by atoms with Gasteiger partial charge in [-0.3, -0.25) is 4.79 Å². The van der Waals surface area contributed by atoms with Gasteiger partial charge in [-0.05, 0) is 37.1 Å². The average molecular weight is 254 g/mol. The van der Waals surface area contributed by atoms with Crippen molar-refractivity contribution < 1.29 is 9.53 Å². The molecule has 1 aliphatic carbocycles. The standard InChI is InChI=1S/C17H18O2/c1-13-5-4-11-17(2,16(13)18)12-10-14-6-8-15(19-3)9-7-14/h4-12H,1-3H3/b12-10+. The number of methoxy groups -OCH3 is 1. The van der Waals surface area contributed by atoms with Gasteiger partial charge in [0.1, 0.15) is 5.75 Å². The molecule has 0 aliphatic heterocycles. The lowest BCUT2D eigenvalue weighted by atomic mass is 9.78. The smallest absolute Gasteiger partial charge is 0.172 e. The van der Waals surface area contributed by atoms with E-state index < -0.39 is 5.41 Å². The third kappa shape index (κ3) is 2.84. The van der Waals surface area contributed by atoms with Crippen molar-refractivity contribution in [3.63, 3.8) is 0 Å². The molecule has 0 bridgehead atoms. The molecule has 1 aromatic rings. The summed E-state index contributed by atoms with van der Waals surface area (Å²) >= 11 is 0. The van der Waals surface area contributed by atoms with E-state index >= 15 is 0 Å². The minimum atomic E-state index is -0.543. The van der Waals surface area contributed by atoms with Gasteiger partial charge in [-0.1, -0.05) is 42.5 Å². The highest BCUT2D eigenvalue weighted by molar-refractivity contribution is 6.03. The Bertz CT molecular complexity index is 561. The van der Waals surface area contributed by atoms with Gasteiger partial charge in [0.25, 0.3) is 0 Å². The molecule has 1 aromatic carbocycles. The Morgan fingerprint density at radius 3 is 2.53 bits per heavy atom. The van der Waals surface area contributed by atoms with Crippen molar-refractivity contribution in [2.24, 2.45) is 5.41 Å². The summed E-state index contributed by atoms with van der Waals surface area (Å²) in [6, 6.07) is 7.76. The van der Waals surface area contributed by atoms with Crippen LogP contribution in [-0.4, -0.2) is 12.9 Å². The van der Waals surface area contributed by atoms with Gasteiger partial charge in [-0.15, -0.1) is 0 Å². The molecule has 0 spiro atoms. The van der Waals surface area contributed by atoms with Gasteiger partial charge < -0.3 is 4.74 Å². The lowest BCUT2D eigenvalue weighted by Gasteiger charge is -2.23. The first-order chi connectivity index (χ1) is 9.05. The molecule has 98 valence electrons. The van der Waals surface area contributed by atoms with E-state index in [1.165, 1.54) is 0 Å². The maximum Gasteiger partial charge on any atom is 0.172 e. The Hall–Kier alpha value is -2.09. The molecule has 2 heteroatoms. The first-order valence-electron chi connectivity index (χ1n) is 6.29. The zero-order valence-electron chi connectivity index (χ0n) is 11.5. The van der Waals surface area contributed by atoms with Crippen LogP contribution < -0.4 is 4.74 Å². The summed E-state index contributed by atoms with van der Waals surface area (Å²) in [4.78, 5) is 12.2. The van der Waals surface area contributed by atoms with Crippen LogP contribution in [0.1, 0.15) is 19.4 Å². The number of ether oxygens (including phenoxy) is 1. The third-order valence-electron chi connectivity index (χ3n) is 3.37. The maximum atomic E-state index is 12.2. The van der Waals surface area contributed by atoms with Crippen LogP contribution in [0.2, 0.25) is 0 Å². The Morgan fingerprint density at radius 1 is 1.21 bits per heavy atom. The summed E-state index contributed by atoms with van der Waals surface area (Å²) in [6.45, 7) is 3.79. The quantitative estimate of drug-likeness (QED) is 0.820. The molecule has 1 aliphatic rings. The summed E-state index contributed by atoms with van der Waals surface area (Å²) < 4.78 is 5.12. The molecule has 0 fully saturated rings. The van der Waals surface area contributed by atoms with Crippen LogP contribution in [0.15, 0.2) is 54.1 Å². The van der Waals surface area contributed by atoms with E-state index in [1.54, 1.807) is 7.11 Å². The molecule has 0 radical (unpaired) electrons.